The number of halogens is 2. The van der Waals surface area contributed by atoms with E-state index in [0.29, 0.717) is 21.3 Å². The molecule has 7 heteroatoms. The molecule has 0 radical (unpaired) electrons. The van der Waals surface area contributed by atoms with Gasteiger partial charge in [-0.2, -0.15) is 5.10 Å². The highest BCUT2D eigenvalue weighted by atomic mass is 35.5. The molecule has 0 aliphatic rings. The van der Waals surface area contributed by atoms with Crippen molar-refractivity contribution in [3.63, 3.8) is 0 Å². The highest BCUT2D eigenvalue weighted by Gasteiger charge is 2.14. The van der Waals surface area contributed by atoms with Crippen molar-refractivity contribution in [2.75, 3.05) is 5.32 Å². The summed E-state index contributed by atoms with van der Waals surface area (Å²) in [7, 11) is 0. The first-order valence-electron chi connectivity index (χ1n) is 7.62. The average Bonchev–Trinajstić information content (AvgIpc) is 2.65. The van der Waals surface area contributed by atoms with Crippen molar-refractivity contribution in [2.24, 2.45) is 5.10 Å². The number of nitrogens with zero attached hydrogens (tertiary/aromatic N) is 1. The number of carbonyl (C=O) groups excluding carboxylic acids is 2. The van der Waals surface area contributed by atoms with Crippen molar-refractivity contribution in [3.8, 4) is 0 Å². The van der Waals surface area contributed by atoms with Gasteiger partial charge in [-0.1, -0.05) is 71.7 Å². The van der Waals surface area contributed by atoms with Gasteiger partial charge in [-0.05, 0) is 17.5 Å². The third-order valence-electron chi connectivity index (χ3n) is 3.60. The van der Waals surface area contributed by atoms with E-state index in [1.54, 1.807) is 30.3 Å². The van der Waals surface area contributed by atoms with E-state index in [4.69, 9.17) is 23.2 Å². The summed E-state index contributed by atoms with van der Waals surface area (Å²) in [5.74, 6) is -1.72. The van der Waals surface area contributed by atoms with E-state index in [9.17, 15) is 9.59 Å². The van der Waals surface area contributed by atoms with E-state index < -0.39 is 11.8 Å². The zero-order valence-electron chi connectivity index (χ0n) is 13.4. The molecule has 0 unspecified atom stereocenters. The predicted octanol–water partition coefficient (Wildman–Crippen LogP) is 4.24. The monoisotopic (exact) mass is 385 g/mol. The molecule has 0 aliphatic carbocycles. The van der Waals surface area contributed by atoms with Crippen LogP contribution in [0.25, 0.3) is 10.8 Å². The average molecular weight is 386 g/mol. The number of amides is 2. The second kappa shape index (κ2) is 7.99. The van der Waals surface area contributed by atoms with Crippen LogP contribution in [0.5, 0.6) is 0 Å². The number of rotatable bonds is 3. The van der Waals surface area contributed by atoms with Gasteiger partial charge in [-0.15, -0.1) is 0 Å². The first-order chi connectivity index (χ1) is 12.6. The van der Waals surface area contributed by atoms with Crippen molar-refractivity contribution in [1.29, 1.82) is 0 Å². The number of fused-ring (bicyclic) bond motifs is 1. The van der Waals surface area contributed by atoms with Crippen molar-refractivity contribution >= 4 is 57.7 Å². The topological polar surface area (TPSA) is 70.6 Å². The van der Waals surface area contributed by atoms with Crippen LogP contribution in [-0.2, 0) is 9.59 Å². The number of hydrogen-bond acceptors (Lipinski definition) is 3. The molecule has 0 atom stereocenters. The molecule has 0 bridgehead atoms. The molecule has 26 heavy (non-hydrogen) atoms. The van der Waals surface area contributed by atoms with Crippen LogP contribution in [0.1, 0.15) is 5.56 Å². The van der Waals surface area contributed by atoms with E-state index in [-0.39, 0.29) is 0 Å². The molecule has 3 rings (SSSR count). The minimum absolute atomic E-state index is 0.312. The van der Waals surface area contributed by atoms with Gasteiger partial charge in [0, 0.05) is 16.6 Å². The molecule has 0 spiro atoms. The standard InChI is InChI=1S/C19H13Cl2N3O2/c20-15-9-3-7-13(17(15)21)11-22-24-19(26)18(25)23-16-10-4-6-12-5-1-2-8-14(12)16/h1-11H,(H,23,25)(H,24,26)/b22-11+. The van der Waals surface area contributed by atoms with Gasteiger partial charge in [0.05, 0.1) is 16.3 Å². The fourth-order valence-corrected chi connectivity index (χ4v) is 2.70. The maximum atomic E-state index is 12.1. The molecule has 130 valence electrons. The smallest absolute Gasteiger partial charge is 0.317 e. The molecule has 0 saturated heterocycles. The SMILES string of the molecule is O=C(N/N=C/c1cccc(Cl)c1Cl)C(=O)Nc1cccc2ccccc12. The Morgan fingerprint density at radius 3 is 2.46 bits per heavy atom. The molecule has 5 nitrogen and oxygen atoms in total. The van der Waals surface area contributed by atoms with Gasteiger partial charge in [0.15, 0.2) is 0 Å². The fourth-order valence-electron chi connectivity index (χ4n) is 2.34. The molecule has 2 N–H and O–H groups in total. The van der Waals surface area contributed by atoms with Gasteiger partial charge in [-0.25, -0.2) is 5.43 Å². The number of hydrazone groups is 1. The summed E-state index contributed by atoms with van der Waals surface area (Å²) in [4.78, 5) is 24.0. The summed E-state index contributed by atoms with van der Waals surface area (Å²) in [6.07, 6.45) is 1.32. The molecular formula is C19H13Cl2N3O2. The Balaban J connectivity index is 1.67. The van der Waals surface area contributed by atoms with E-state index >= 15 is 0 Å². The minimum Gasteiger partial charge on any atom is -0.317 e. The number of benzene rings is 3. The molecule has 0 fully saturated rings. The van der Waals surface area contributed by atoms with Gasteiger partial charge in [0.1, 0.15) is 0 Å². The number of nitrogens with one attached hydrogen (secondary N) is 2. The molecule has 0 saturated carbocycles. The summed E-state index contributed by atoms with van der Waals surface area (Å²) in [5, 5.41) is 8.80. The predicted molar refractivity (Wildman–Crippen MR) is 105 cm³/mol. The van der Waals surface area contributed by atoms with Crippen molar-refractivity contribution in [3.05, 3.63) is 76.3 Å². The lowest BCUT2D eigenvalue weighted by molar-refractivity contribution is -0.136. The van der Waals surface area contributed by atoms with Crippen LogP contribution in [0.3, 0.4) is 0 Å². The Labute approximate surface area is 159 Å². The van der Waals surface area contributed by atoms with E-state index in [1.807, 2.05) is 30.3 Å². The zero-order valence-corrected chi connectivity index (χ0v) is 14.9. The quantitative estimate of drug-likeness (QED) is 0.402. The van der Waals surface area contributed by atoms with Crippen LogP contribution in [0.15, 0.2) is 65.8 Å². The van der Waals surface area contributed by atoms with Crippen molar-refractivity contribution in [1.82, 2.24) is 5.43 Å². The van der Waals surface area contributed by atoms with Crippen LogP contribution < -0.4 is 10.7 Å². The Morgan fingerprint density at radius 1 is 0.885 bits per heavy atom. The van der Waals surface area contributed by atoms with Crippen LogP contribution >= 0.6 is 23.2 Å². The first kappa shape index (κ1) is 17.9. The molecule has 0 aliphatic heterocycles. The fraction of sp³-hybridized carbons (Fsp3) is 0. The van der Waals surface area contributed by atoms with Crippen molar-refractivity contribution in [2.45, 2.75) is 0 Å². The maximum absolute atomic E-state index is 12.1. The Kier molecular flexibility index (Phi) is 5.51. The number of hydrogen-bond donors (Lipinski definition) is 2. The number of anilines is 1. The van der Waals surface area contributed by atoms with Gasteiger partial charge in [-0.3, -0.25) is 9.59 Å². The Hall–Kier alpha value is -2.89. The first-order valence-corrected chi connectivity index (χ1v) is 8.38. The third kappa shape index (κ3) is 4.02. The number of carbonyl (C=O) groups is 2. The Bertz CT molecular complexity index is 1010. The lowest BCUT2D eigenvalue weighted by Gasteiger charge is -2.07. The largest absolute Gasteiger partial charge is 0.329 e. The van der Waals surface area contributed by atoms with Gasteiger partial charge in [0.25, 0.3) is 0 Å². The molecule has 3 aromatic rings. The normalized spacial score (nSPS) is 10.8. The van der Waals surface area contributed by atoms with Crippen LogP contribution in [0.4, 0.5) is 5.69 Å². The molecular weight excluding hydrogens is 373 g/mol. The van der Waals surface area contributed by atoms with Gasteiger partial charge in [0.2, 0.25) is 0 Å². The van der Waals surface area contributed by atoms with E-state index in [1.165, 1.54) is 6.21 Å². The summed E-state index contributed by atoms with van der Waals surface area (Å²) in [6.45, 7) is 0. The highest BCUT2D eigenvalue weighted by Crippen LogP contribution is 2.24. The lowest BCUT2D eigenvalue weighted by Crippen LogP contribution is -2.32. The molecule has 0 heterocycles. The van der Waals surface area contributed by atoms with Gasteiger partial charge >= 0.3 is 11.8 Å². The summed E-state index contributed by atoms with van der Waals surface area (Å²) in [6, 6.07) is 18.0. The summed E-state index contributed by atoms with van der Waals surface area (Å²) in [5.41, 5.74) is 3.23. The van der Waals surface area contributed by atoms with Crippen LogP contribution in [-0.4, -0.2) is 18.0 Å². The third-order valence-corrected chi connectivity index (χ3v) is 4.43. The van der Waals surface area contributed by atoms with E-state index in [0.717, 1.165) is 10.8 Å². The zero-order chi connectivity index (χ0) is 18.5. The summed E-state index contributed by atoms with van der Waals surface area (Å²) < 4.78 is 0. The lowest BCUT2D eigenvalue weighted by atomic mass is 10.1. The molecule has 0 aromatic heterocycles. The second-order valence-electron chi connectivity index (χ2n) is 5.32. The minimum atomic E-state index is -0.896. The van der Waals surface area contributed by atoms with Crippen molar-refractivity contribution < 1.29 is 9.59 Å². The maximum Gasteiger partial charge on any atom is 0.329 e. The molecule has 3 aromatic carbocycles. The van der Waals surface area contributed by atoms with E-state index in [2.05, 4.69) is 15.8 Å². The van der Waals surface area contributed by atoms with Crippen LogP contribution in [0, 0.1) is 0 Å². The summed E-state index contributed by atoms with van der Waals surface area (Å²) >= 11 is 11.9. The highest BCUT2D eigenvalue weighted by molar-refractivity contribution is 6.43. The molecule has 2 amide bonds. The Morgan fingerprint density at radius 2 is 1.62 bits per heavy atom. The van der Waals surface area contributed by atoms with Gasteiger partial charge < -0.3 is 5.32 Å². The van der Waals surface area contributed by atoms with Crippen LogP contribution in [0.2, 0.25) is 10.0 Å². The second-order valence-corrected chi connectivity index (χ2v) is 6.11.